The third kappa shape index (κ3) is 3.99. The molecule has 18 heavy (non-hydrogen) atoms. The van der Waals surface area contributed by atoms with Gasteiger partial charge in [-0.2, -0.15) is 0 Å². The van der Waals surface area contributed by atoms with E-state index in [9.17, 15) is 4.79 Å². The topological polar surface area (TPSA) is 20.3 Å². The van der Waals surface area contributed by atoms with Gasteiger partial charge in [0.1, 0.15) is 0 Å². The van der Waals surface area contributed by atoms with Gasteiger partial charge in [-0.1, -0.05) is 25.4 Å². The van der Waals surface area contributed by atoms with E-state index in [1.54, 1.807) is 23.1 Å². The predicted molar refractivity (Wildman–Crippen MR) is 80.2 cm³/mol. The van der Waals surface area contributed by atoms with E-state index in [0.717, 1.165) is 10.9 Å². The molecule has 0 fully saturated rings. The zero-order chi connectivity index (χ0) is 13.9. The largest absolute Gasteiger partial charge is 0.339 e. The highest BCUT2D eigenvalue weighted by molar-refractivity contribution is 9.10. The standard InChI is InChI=1S/C14H19BrClNO/c1-9(2)7-10(3)17(4)14(18)12-6-5-11(16)8-13(12)15/h5-6,8-10H,7H2,1-4H3. The van der Waals surface area contributed by atoms with E-state index < -0.39 is 0 Å². The minimum absolute atomic E-state index is 0.0201. The summed E-state index contributed by atoms with van der Waals surface area (Å²) in [4.78, 5) is 14.1. The van der Waals surface area contributed by atoms with Crippen molar-refractivity contribution >= 4 is 33.4 Å². The number of hydrogen-bond acceptors (Lipinski definition) is 1. The van der Waals surface area contributed by atoms with Crippen LogP contribution < -0.4 is 0 Å². The molecule has 1 rings (SSSR count). The molecule has 1 aromatic carbocycles. The van der Waals surface area contributed by atoms with Crippen LogP contribution in [-0.4, -0.2) is 23.9 Å². The summed E-state index contributed by atoms with van der Waals surface area (Å²) in [5.74, 6) is 0.593. The Balaban J connectivity index is 2.86. The van der Waals surface area contributed by atoms with Crippen molar-refractivity contribution in [2.75, 3.05) is 7.05 Å². The van der Waals surface area contributed by atoms with Crippen LogP contribution in [0, 0.1) is 5.92 Å². The van der Waals surface area contributed by atoms with Gasteiger partial charge in [-0.15, -0.1) is 0 Å². The molecule has 0 heterocycles. The van der Waals surface area contributed by atoms with E-state index in [-0.39, 0.29) is 11.9 Å². The van der Waals surface area contributed by atoms with Crippen molar-refractivity contribution in [3.05, 3.63) is 33.3 Å². The number of rotatable bonds is 4. The van der Waals surface area contributed by atoms with Gasteiger partial charge in [-0.05, 0) is 53.4 Å². The third-order valence-electron chi connectivity index (χ3n) is 2.96. The lowest BCUT2D eigenvalue weighted by molar-refractivity contribution is 0.0727. The molecule has 1 aromatic rings. The molecule has 0 aliphatic carbocycles. The van der Waals surface area contributed by atoms with Crippen LogP contribution in [0.5, 0.6) is 0 Å². The lowest BCUT2D eigenvalue weighted by Crippen LogP contribution is -2.36. The minimum atomic E-state index is 0.0201. The van der Waals surface area contributed by atoms with Gasteiger partial charge in [-0.25, -0.2) is 0 Å². The maximum atomic E-state index is 12.4. The molecule has 4 heteroatoms. The molecular weight excluding hydrogens is 314 g/mol. The summed E-state index contributed by atoms with van der Waals surface area (Å²) in [7, 11) is 1.84. The van der Waals surface area contributed by atoms with Crippen LogP contribution in [0.3, 0.4) is 0 Å². The third-order valence-corrected chi connectivity index (χ3v) is 3.85. The van der Waals surface area contributed by atoms with Crippen LogP contribution in [0.25, 0.3) is 0 Å². The molecule has 0 saturated heterocycles. The second-order valence-electron chi connectivity index (χ2n) is 5.02. The smallest absolute Gasteiger partial charge is 0.254 e. The van der Waals surface area contributed by atoms with E-state index >= 15 is 0 Å². The van der Waals surface area contributed by atoms with E-state index in [2.05, 4.69) is 36.7 Å². The molecule has 1 atom stereocenters. The molecule has 2 nitrogen and oxygen atoms in total. The highest BCUT2D eigenvalue weighted by atomic mass is 79.9. The molecule has 0 aliphatic rings. The quantitative estimate of drug-likeness (QED) is 0.788. The van der Waals surface area contributed by atoms with Crippen molar-refractivity contribution in [2.45, 2.75) is 33.2 Å². The molecule has 0 radical (unpaired) electrons. The summed E-state index contributed by atoms with van der Waals surface area (Å²) in [6.45, 7) is 6.39. The molecular formula is C14H19BrClNO. The van der Waals surface area contributed by atoms with Crippen LogP contribution in [0.4, 0.5) is 0 Å². The lowest BCUT2D eigenvalue weighted by Gasteiger charge is -2.26. The zero-order valence-electron chi connectivity index (χ0n) is 11.2. The van der Waals surface area contributed by atoms with Crippen molar-refractivity contribution in [1.82, 2.24) is 4.90 Å². The van der Waals surface area contributed by atoms with Gasteiger partial charge in [0, 0.05) is 22.6 Å². The first-order valence-electron chi connectivity index (χ1n) is 6.05. The average Bonchev–Trinajstić information content (AvgIpc) is 2.26. The molecule has 0 spiro atoms. The Morgan fingerprint density at radius 2 is 2.00 bits per heavy atom. The van der Waals surface area contributed by atoms with Crippen molar-refractivity contribution in [2.24, 2.45) is 5.92 Å². The summed E-state index contributed by atoms with van der Waals surface area (Å²) in [5.41, 5.74) is 0.650. The summed E-state index contributed by atoms with van der Waals surface area (Å²) in [6.07, 6.45) is 0.994. The Labute approximate surface area is 122 Å². The van der Waals surface area contributed by atoms with E-state index in [4.69, 9.17) is 11.6 Å². The summed E-state index contributed by atoms with van der Waals surface area (Å²) in [5, 5.41) is 0.622. The predicted octanol–water partition coefficient (Wildman–Crippen LogP) is 4.61. The number of benzene rings is 1. The summed E-state index contributed by atoms with van der Waals surface area (Å²) >= 11 is 9.26. The first-order valence-corrected chi connectivity index (χ1v) is 7.22. The first kappa shape index (κ1) is 15.5. The Kier molecular flexibility index (Phi) is 5.67. The zero-order valence-corrected chi connectivity index (χ0v) is 13.5. The molecule has 1 unspecified atom stereocenters. The average molecular weight is 333 g/mol. The van der Waals surface area contributed by atoms with Gasteiger partial charge < -0.3 is 4.90 Å². The van der Waals surface area contributed by atoms with Crippen molar-refractivity contribution in [3.63, 3.8) is 0 Å². The first-order chi connectivity index (χ1) is 8.32. The van der Waals surface area contributed by atoms with Gasteiger partial charge in [-0.3, -0.25) is 4.79 Å². The molecule has 0 aliphatic heterocycles. The molecule has 0 bridgehead atoms. The fraction of sp³-hybridized carbons (Fsp3) is 0.500. The van der Waals surface area contributed by atoms with Gasteiger partial charge in [0.15, 0.2) is 0 Å². The fourth-order valence-electron chi connectivity index (χ4n) is 1.89. The maximum absolute atomic E-state index is 12.4. The lowest BCUT2D eigenvalue weighted by atomic mass is 10.0. The fourth-order valence-corrected chi connectivity index (χ4v) is 2.75. The number of nitrogens with zero attached hydrogens (tertiary/aromatic N) is 1. The SMILES string of the molecule is CC(C)CC(C)N(C)C(=O)c1ccc(Cl)cc1Br. The molecule has 1 amide bonds. The Morgan fingerprint density at radius 1 is 1.39 bits per heavy atom. The Hall–Kier alpha value is -0.540. The molecule has 0 aromatic heterocycles. The molecule has 0 saturated carbocycles. The Morgan fingerprint density at radius 3 is 2.50 bits per heavy atom. The van der Waals surface area contributed by atoms with Crippen molar-refractivity contribution in [1.29, 1.82) is 0 Å². The van der Waals surface area contributed by atoms with Crippen LogP contribution >= 0.6 is 27.5 Å². The summed E-state index contributed by atoms with van der Waals surface area (Å²) in [6, 6.07) is 5.46. The highest BCUT2D eigenvalue weighted by Gasteiger charge is 2.20. The second kappa shape index (κ2) is 6.58. The molecule has 0 N–H and O–H groups in total. The minimum Gasteiger partial charge on any atom is -0.339 e. The van der Waals surface area contributed by atoms with Crippen LogP contribution in [0.15, 0.2) is 22.7 Å². The summed E-state index contributed by atoms with van der Waals surface area (Å²) < 4.78 is 0.739. The number of halogens is 2. The van der Waals surface area contributed by atoms with E-state index in [1.807, 2.05) is 7.05 Å². The van der Waals surface area contributed by atoms with Crippen LogP contribution in [0.1, 0.15) is 37.6 Å². The monoisotopic (exact) mass is 331 g/mol. The van der Waals surface area contributed by atoms with Crippen molar-refractivity contribution < 1.29 is 4.79 Å². The normalized spacial score (nSPS) is 12.6. The number of carbonyl (C=O) groups excluding carboxylic acids is 1. The van der Waals surface area contributed by atoms with Gasteiger partial charge in [0.2, 0.25) is 0 Å². The van der Waals surface area contributed by atoms with E-state index in [0.29, 0.717) is 16.5 Å². The van der Waals surface area contributed by atoms with Crippen LogP contribution in [0.2, 0.25) is 5.02 Å². The Bertz CT molecular complexity index is 434. The van der Waals surface area contributed by atoms with Crippen LogP contribution in [-0.2, 0) is 0 Å². The highest BCUT2D eigenvalue weighted by Crippen LogP contribution is 2.23. The van der Waals surface area contributed by atoms with Gasteiger partial charge in [0.25, 0.3) is 5.91 Å². The second-order valence-corrected chi connectivity index (χ2v) is 6.31. The van der Waals surface area contributed by atoms with E-state index in [1.165, 1.54) is 0 Å². The maximum Gasteiger partial charge on any atom is 0.254 e. The number of amides is 1. The number of carbonyl (C=O) groups is 1. The van der Waals surface area contributed by atoms with Gasteiger partial charge >= 0.3 is 0 Å². The van der Waals surface area contributed by atoms with Gasteiger partial charge in [0.05, 0.1) is 5.56 Å². The van der Waals surface area contributed by atoms with Crippen molar-refractivity contribution in [3.8, 4) is 0 Å². The number of hydrogen-bond donors (Lipinski definition) is 0. The molecule has 100 valence electrons.